The van der Waals surface area contributed by atoms with Crippen molar-refractivity contribution in [1.82, 2.24) is 4.98 Å². The molecule has 0 N–H and O–H groups in total. The van der Waals surface area contributed by atoms with Gasteiger partial charge in [-0.2, -0.15) is 0 Å². The first-order valence-corrected chi connectivity index (χ1v) is 9.35. The largest absolute Gasteiger partial charge is 0.312 e. The molecule has 1 aromatic heterocycles. The first-order chi connectivity index (χ1) is 12.1. The quantitative estimate of drug-likeness (QED) is 0.695. The van der Waals surface area contributed by atoms with Crippen LogP contribution in [0.15, 0.2) is 48.5 Å². The van der Waals surface area contributed by atoms with Gasteiger partial charge in [0.05, 0.1) is 17.1 Å². The van der Waals surface area contributed by atoms with E-state index in [4.69, 9.17) is 0 Å². The fraction of sp³-hybridized carbons (Fsp3) is 0.238. The third-order valence-corrected chi connectivity index (χ3v) is 5.60. The van der Waals surface area contributed by atoms with Crippen LogP contribution in [0.5, 0.6) is 0 Å². The lowest BCUT2D eigenvalue weighted by atomic mass is 10.1. The fourth-order valence-corrected chi connectivity index (χ4v) is 4.31. The highest BCUT2D eigenvalue weighted by Crippen LogP contribution is 2.32. The summed E-state index contributed by atoms with van der Waals surface area (Å²) >= 11 is 1.62. The number of para-hydroxylation sites is 1. The molecule has 1 amide bonds. The van der Waals surface area contributed by atoms with Gasteiger partial charge in [0.15, 0.2) is 0 Å². The molecule has 2 heterocycles. The first-order valence-electron chi connectivity index (χ1n) is 8.53. The van der Waals surface area contributed by atoms with Crippen molar-refractivity contribution in [1.29, 1.82) is 0 Å². The average molecular weight is 348 g/mol. The van der Waals surface area contributed by atoms with E-state index in [1.165, 1.54) is 11.1 Å². The molecule has 0 unspecified atom stereocenters. The molecule has 1 aliphatic rings. The Hall–Kier alpha value is -2.46. The summed E-state index contributed by atoms with van der Waals surface area (Å²) in [5.74, 6) is 0.155. The molecule has 3 nitrogen and oxygen atoms in total. The van der Waals surface area contributed by atoms with Gasteiger partial charge in [-0.1, -0.05) is 48.0 Å². The first kappa shape index (κ1) is 16.0. The molecule has 0 bridgehead atoms. The van der Waals surface area contributed by atoms with Crippen molar-refractivity contribution < 1.29 is 4.79 Å². The number of rotatable bonds is 3. The van der Waals surface area contributed by atoms with E-state index in [-0.39, 0.29) is 5.91 Å². The Balaban J connectivity index is 1.61. The predicted molar refractivity (Wildman–Crippen MR) is 103 cm³/mol. The van der Waals surface area contributed by atoms with Crippen LogP contribution in [0.3, 0.4) is 0 Å². The minimum Gasteiger partial charge on any atom is -0.312 e. The second-order valence-electron chi connectivity index (χ2n) is 6.47. The van der Waals surface area contributed by atoms with Gasteiger partial charge in [0.1, 0.15) is 0 Å². The molecule has 0 radical (unpaired) electrons. The van der Waals surface area contributed by atoms with Crippen molar-refractivity contribution in [3.63, 3.8) is 0 Å². The maximum absolute atomic E-state index is 12.9. The Labute approximate surface area is 152 Å². The number of hydrogen-bond acceptors (Lipinski definition) is 3. The monoisotopic (exact) mass is 348 g/mol. The van der Waals surface area contributed by atoms with Gasteiger partial charge in [-0.05, 0) is 31.9 Å². The van der Waals surface area contributed by atoms with Crippen LogP contribution in [-0.2, 0) is 17.6 Å². The summed E-state index contributed by atoms with van der Waals surface area (Å²) in [4.78, 5) is 20.6. The highest BCUT2D eigenvalue weighted by Gasteiger charge is 2.25. The Morgan fingerprint density at radius 3 is 2.68 bits per heavy atom. The minimum atomic E-state index is 0.155. The summed E-state index contributed by atoms with van der Waals surface area (Å²) in [6.07, 6.45) is 1.34. The number of aryl methyl sites for hydroxylation is 2. The lowest BCUT2D eigenvalue weighted by molar-refractivity contribution is -0.117. The molecule has 3 aromatic rings. The summed E-state index contributed by atoms with van der Waals surface area (Å²) in [6, 6.07) is 16.5. The molecule has 2 aromatic carbocycles. The number of fused-ring (bicyclic) bond motifs is 1. The van der Waals surface area contributed by atoms with Gasteiger partial charge in [0.25, 0.3) is 0 Å². The second kappa shape index (κ2) is 6.45. The van der Waals surface area contributed by atoms with Crippen LogP contribution in [0.25, 0.3) is 11.3 Å². The van der Waals surface area contributed by atoms with Crippen molar-refractivity contribution in [2.24, 2.45) is 0 Å². The standard InChI is InChI=1S/C21H20N2OS/c1-14-7-9-17(10-8-14)21-19(25-15(2)22-21)13-20(24)23-12-11-16-5-3-4-6-18(16)23/h3-10H,11-13H2,1-2H3. The smallest absolute Gasteiger partial charge is 0.232 e. The van der Waals surface area contributed by atoms with Crippen LogP contribution < -0.4 is 4.90 Å². The third-order valence-electron chi connectivity index (χ3n) is 4.63. The Bertz CT molecular complexity index is 927. The zero-order valence-electron chi connectivity index (χ0n) is 14.5. The van der Waals surface area contributed by atoms with E-state index in [1.54, 1.807) is 11.3 Å². The zero-order valence-corrected chi connectivity index (χ0v) is 15.3. The second-order valence-corrected chi connectivity index (χ2v) is 7.76. The van der Waals surface area contributed by atoms with Crippen molar-refractivity contribution in [3.8, 4) is 11.3 Å². The molecule has 0 spiro atoms. The Morgan fingerprint density at radius 1 is 1.12 bits per heavy atom. The number of anilines is 1. The van der Waals surface area contributed by atoms with E-state index in [2.05, 4.69) is 42.2 Å². The van der Waals surface area contributed by atoms with E-state index >= 15 is 0 Å². The van der Waals surface area contributed by atoms with Gasteiger partial charge in [0.2, 0.25) is 5.91 Å². The number of thiazole rings is 1. The zero-order chi connectivity index (χ0) is 17.4. The number of amides is 1. The Morgan fingerprint density at radius 2 is 1.88 bits per heavy atom. The number of carbonyl (C=O) groups is 1. The van der Waals surface area contributed by atoms with Crippen LogP contribution in [0.2, 0.25) is 0 Å². The molecule has 4 rings (SSSR count). The lowest BCUT2D eigenvalue weighted by Gasteiger charge is -2.17. The Kier molecular flexibility index (Phi) is 4.14. The van der Waals surface area contributed by atoms with E-state index in [9.17, 15) is 4.79 Å². The molecule has 0 atom stereocenters. The molecule has 0 saturated carbocycles. The van der Waals surface area contributed by atoms with Gasteiger partial charge in [0, 0.05) is 22.7 Å². The van der Waals surface area contributed by atoms with Gasteiger partial charge < -0.3 is 4.90 Å². The number of benzene rings is 2. The summed E-state index contributed by atoms with van der Waals surface area (Å²) in [5.41, 5.74) is 5.57. The van der Waals surface area contributed by atoms with Gasteiger partial charge >= 0.3 is 0 Å². The van der Waals surface area contributed by atoms with Crippen molar-refractivity contribution >= 4 is 22.9 Å². The third kappa shape index (κ3) is 3.10. The highest BCUT2D eigenvalue weighted by atomic mass is 32.1. The maximum Gasteiger partial charge on any atom is 0.232 e. The van der Waals surface area contributed by atoms with Crippen LogP contribution >= 0.6 is 11.3 Å². The van der Waals surface area contributed by atoms with Crippen LogP contribution in [0.1, 0.15) is 21.0 Å². The van der Waals surface area contributed by atoms with Crippen LogP contribution in [0, 0.1) is 13.8 Å². The highest BCUT2D eigenvalue weighted by molar-refractivity contribution is 7.12. The van der Waals surface area contributed by atoms with Gasteiger partial charge in [-0.15, -0.1) is 11.3 Å². The summed E-state index contributed by atoms with van der Waals surface area (Å²) in [6.45, 7) is 4.85. The molecule has 0 fully saturated rings. The van der Waals surface area contributed by atoms with E-state index < -0.39 is 0 Å². The summed E-state index contributed by atoms with van der Waals surface area (Å²) < 4.78 is 0. The average Bonchev–Trinajstić information content (AvgIpc) is 3.19. The van der Waals surface area contributed by atoms with E-state index in [1.807, 2.05) is 30.0 Å². The fourth-order valence-electron chi connectivity index (χ4n) is 3.36. The topological polar surface area (TPSA) is 33.2 Å². The molecule has 1 aliphatic heterocycles. The number of hydrogen-bond donors (Lipinski definition) is 0. The molecule has 0 aliphatic carbocycles. The van der Waals surface area contributed by atoms with Gasteiger partial charge in [-0.3, -0.25) is 4.79 Å². The predicted octanol–water partition coefficient (Wildman–Crippen LogP) is 4.56. The maximum atomic E-state index is 12.9. The molecule has 25 heavy (non-hydrogen) atoms. The number of nitrogens with zero attached hydrogens (tertiary/aromatic N) is 2. The van der Waals surface area contributed by atoms with Crippen molar-refractivity contribution in [2.45, 2.75) is 26.7 Å². The van der Waals surface area contributed by atoms with E-state index in [0.717, 1.165) is 39.8 Å². The number of carbonyl (C=O) groups excluding carboxylic acids is 1. The lowest BCUT2D eigenvalue weighted by Crippen LogP contribution is -2.30. The summed E-state index contributed by atoms with van der Waals surface area (Å²) in [7, 11) is 0. The van der Waals surface area contributed by atoms with Crippen LogP contribution in [0.4, 0.5) is 5.69 Å². The van der Waals surface area contributed by atoms with E-state index in [0.29, 0.717) is 6.42 Å². The van der Waals surface area contributed by atoms with Gasteiger partial charge in [-0.25, -0.2) is 4.98 Å². The molecule has 0 saturated heterocycles. The van der Waals surface area contributed by atoms with Crippen molar-refractivity contribution in [3.05, 3.63) is 69.5 Å². The summed E-state index contributed by atoms with van der Waals surface area (Å²) in [5, 5.41) is 1.00. The van der Waals surface area contributed by atoms with Crippen molar-refractivity contribution in [2.75, 3.05) is 11.4 Å². The minimum absolute atomic E-state index is 0.155. The number of aromatic nitrogens is 1. The molecular weight excluding hydrogens is 328 g/mol. The van der Waals surface area contributed by atoms with Crippen LogP contribution in [-0.4, -0.2) is 17.4 Å². The molecule has 126 valence electrons. The normalized spacial score (nSPS) is 13.1. The molecule has 4 heteroatoms. The SMILES string of the molecule is Cc1ccc(-c2nc(C)sc2CC(=O)N2CCc3ccccc32)cc1. The molecular formula is C21H20N2OS.